The van der Waals surface area contributed by atoms with Gasteiger partial charge in [0.2, 0.25) is 0 Å². The van der Waals surface area contributed by atoms with E-state index in [1.807, 2.05) is 0 Å². The van der Waals surface area contributed by atoms with Crippen LogP contribution in [0, 0.1) is 0 Å². The van der Waals surface area contributed by atoms with Crippen molar-refractivity contribution in [3.05, 3.63) is 10.7 Å². The zero-order valence-electron chi connectivity index (χ0n) is 11.3. The molecule has 19 heavy (non-hydrogen) atoms. The van der Waals surface area contributed by atoms with Gasteiger partial charge in [-0.2, -0.15) is 0 Å². The third-order valence-corrected chi connectivity index (χ3v) is 4.55. The van der Waals surface area contributed by atoms with E-state index in [0.717, 1.165) is 59.4 Å². The summed E-state index contributed by atoms with van der Waals surface area (Å²) in [7, 11) is 0. The Kier molecular flexibility index (Phi) is 5.81. The van der Waals surface area contributed by atoms with Gasteiger partial charge in [-0.1, -0.05) is 36.1 Å². The van der Waals surface area contributed by atoms with E-state index in [2.05, 4.69) is 38.9 Å². The summed E-state index contributed by atoms with van der Waals surface area (Å²) in [6.07, 6.45) is 4.13. The van der Waals surface area contributed by atoms with Crippen molar-refractivity contribution in [2.45, 2.75) is 39.5 Å². The fourth-order valence-corrected chi connectivity index (χ4v) is 3.34. The molecule has 0 aliphatic heterocycles. The van der Waals surface area contributed by atoms with Gasteiger partial charge in [-0.15, -0.1) is 15.3 Å². The fourth-order valence-electron chi connectivity index (χ4n) is 1.71. The molecule has 0 saturated carbocycles. The minimum atomic E-state index is 0.938. The molecule has 2 aromatic rings. The number of aromatic nitrogens is 4. The summed E-state index contributed by atoms with van der Waals surface area (Å²) in [5, 5.41) is 18.1. The topological polar surface area (TPSA) is 63.6 Å². The van der Waals surface area contributed by atoms with Gasteiger partial charge in [-0.3, -0.25) is 0 Å². The van der Waals surface area contributed by atoms with Crippen molar-refractivity contribution >= 4 is 22.9 Å². The molecule has 0 aliphatic carbocycles. The smallest absolute Gasteiger partial charge is 0.161 e. The van der Waals surface area contributed by atoms with E-state index in [1.54, 1.807) is 11.3 Å². The van der Waals surface area contributed by atoms with Crippen molar-refractivity contribution in [2.75, 3.05) is 13.1 Å². The SMILES string of the molecule is CCCNCCc1nnc(-c2snnc2CCC)s1. The second-order valence-corrected chi connectivity index (χ2v) is 6.12. The maximum absolute atomic E-state index is 4.27. The molecule has 2 aromatic heterocycles. The predicted octanol–water partition coefficient (Wildman–Crippen LogP) is 2.55. The average Bonchev–Trinajstić information content (AvgIpc) is 3.04. The summed E-state index contributed by atoms with van der Waals surface area (Å²) in [5.74, 6) is 0. The molecule has 2 heterocycles. The van der Waals surface area contributed by atoms with Crippen LogP contribution in [0.15, 0.2) is 0 Å². The fraction of sp³-hybridized carbons (Fsp3) is 0.667. The van der Waals surface area contributed by atoms with Gasteiger partial charge < -0.3 is 5.32 Å². The van der Waals surface area contributed by atoms with Gasteiger partial charge in [0.05, 0.1) is 5.69 Å². The monoisotopic (exact) mass is 297 g/mol. The average molecular weight is 297 g/mol. The normalized spacial score (nSPS) is 11.1. The van der Waals surface area contributed by atoms with Crippen LogP contribution in [0.2, 0.25) is 0 Å². The van der Waals surface area contributed by atoms with Crippen molar-refractivity contribution in [1.82, 2.24) is 25.1 Å². The Morgan fingerprint density at radius 2 is 1.89 bits per heavy atom. The number of hydrogen-bond donors (Lipinski definition) is 1. The van der Waals surface area contributed by atoms with Crippen LogP contribution in [0.25, 0.3) is 9.88 Å². The Hall–Kier alpha value is -0.920. The van der Waals surface area contributed by atoms with Crippen molar-refractivity contribution in [3.63, 3.8) is 0 Å². The molecule has 2 rings (SSSR count). The van der Waals surface area contributed by atoms with Crippen molar-refractivity contribution in [3.8, 4) is 9.88 Å². The van der Waals surface area contributed by atoms with Gasteiger partial charge in [-0.05, 0) is 30.9 Å². The van der Waals surface area contributed by atoms with Gasteiger partial charge >= 0.3 is 0 Å². The summed E-state index contributed by atoms with van der Waals surface area (Å²) < 4.78 is 4.03. The molecule has 0 amide bonds. The molecule has 0 saturated heterocycles. The first kappa shape index (κ1) is 14.5. The summed E-state index contributed by atoms with van der Waals surface area (Å²) in [4.78, 5) is 1.09. The first-order valence-corrected chi connectivity index (χ1v) is 8.28. The molecule has 7 heteroatoms. The highest BCUT2D eigenvalue weighted by atomic mass is 32.1. The van der Waals surface area contributed by atoms with Crippen LogP contribution in [-0.4, -0.2) is 32.9 Å². The molecule has 0 radical (unpaired) electrons. The Morgan fingerprint density at radius 3 is 2.68 bits per heavy atom. The van der Waals surface area contributed by atoms with Crippen molar-refractivity contribution in [1.29, 1.82) is 0 Å². The highest BCUT2D eigenvalue weighted by molar-refractivity contribution is 7.19. The van der Waals surface area contributed by atoms with Crippen LogP contribution in [0.1, 0.15) is 37.4 Å². The maximum Gasteiger partial charge on any atom is 0.161 e. The van der Waals surface area contributed by atoms with Gasteiger partial charge in [0, 0.05) is 13.0 Å². The van der Waals surface area contributed by atoms with E-state index < -0.39 is 0 Å². The molecule has 5 nitrogen and oxygen atoms in total. The molecule has 1 N–H and O–H groups in total. The first-order valence-electron chi connectivity index (χ1n) is 6.69. The second-order valence-electron chi connectivity index (χ2n) is 4.30. The Labute approximate surface area is 121 Å². The van der Waals surface area contributed by atoms with E-state index >= 15 is 0 Å². The Balaban J connectivity index is 1.98. The van der Waals surface area contributed by atoms with Crippen LogP contribution in [0.3, 0.4) is 0 Å². The lowest BCUT2D eigenvalue weighted by Crippen LogP contribution is -2.17. The zero-order chi connectivity index (χ0) is 13.5. The largest absolute Gasteiger partial charge is 0.316 e. The van der Waals surface area contributed by atoms with Gasteiger partial charge in [0.15, 0.2) is 5.01 Å². The molecular weight excluding hydrogens is 278 g/mol. The van der Waals surface area contributed by atoms with E-state index in [9.17, 15) is 0 Å². The highest BCUT2D eigenvalue weighted by Gasteiger charge is 2.14. The summed E-state index contributed by atoms with van der Waals surface area (Å²) in [6.45, 7) is 6.34. The molecule has 0 aromatic carbocycles. The van der Waals surface area contributed by atoms with Crippen molar-refractivity contribution < 1.29 is 0 Å². The van der Waals surface area contributed by atoms with Gasteiger partial charge in [0.1, 0.15) is 9.88 Å². The quantitative estimate of drug-likeness (QED) is 0.759. The zero-order valence-corrected chi connectivity index (χ0v) is 13.0. The minimum Gasteiger partial charge on any atom is -0.316 e. The van der Waals surface area contributed by atoms with Crippen LogP contribution in [0.5, 0.6) is 0 Å². The second kappa shape index (κ2) is 7.62. The summed E-state index contributed by atoms with van der Waals surface area (Å²) >= 11 is 3.08. The standard InChI is InChI=1S/C12H19N5S2/c1-3-5-9-11(19-17-14-9)12-16-15-10(18-12)6-8-13-7-4-2/h13H,3-8H2,1-2H3. The van der Waals surface area contributed by atoms with Crippen LogP contribution < -0.4 is 5.32 Å². The molecule has 0 bridgehead atoms. The van der Waals surface area contributed by atoms with Crippen LogP contribution >= 0.6 is 22.9 Å². The number of hydrogen-bond acceptors (Lipinski definition) is 7. The van der Waals surface area contributed by atoms with Crippen LogP contribution in [-0.2, 0) is 12.8 Å². The lowest BCUT2D eigenvalue weighted by molar-refractivity contribution is 0.668. The number of nitrogens with zero attached hydrogens (tertiary/aromatic N) is 4. The number of nitrogens with one attached hydrogen (secondary N) is 1. The maximum atomic E-state index is 4.27. The molecule has 0 unspecified atom stereocenters. The summed E-state index contributed by atoms with van der Waals surface area (Å²) in [6, 6.07) is 0. The Morgan fingerprint density at radius 1 is 1.00 bits per heavy atom. The van der Waals surface area contributed by atoms with Crippen LogP contribution in [0.4, 0.5) is 0 Å². The molecule has 0 aliphatic rings. The molecule has 0 fully saturated rings. The molecular formula is C12H19N5S2. The third-order valence-electron chi connectivity index (χ3n) is 2.65. The predicted molar refractivity (Wildman–Crippen MR) is 79.7 cm³/mol. The lowest BCUT2D eigenvalue weighted by atomic mass is 10.2. The van der Waals surface area contributed by atoms with Crippen molar-refractivity contribution in [2.24, 2.45) is 0 Å². The number of aryl methyl sites for hydroxylation is 1. The Bertz CT molecular complexity index is 494. The van der Waals surface area contributed by atoms with E-state index in [0.29, 0.717) is 0 Å². The summed E-state index contributed by atoms with van der Waals surface area (Å²) in [5.41, 5.74) is 1.05. The minimum absolute atomic E-state index is 0.938. The van der Waals surface area contributed by atoms with E-state index in [4.69, 9.17) is 0 Å². The van der Waals surface area contributed by atoms with E-state index in [-0.39, 0.29) is 0 Å². The number of rotatable bonds is 8. The van der Waals surface area contributed by atoms with Gasteiger partial charge in [-0.25, -0.2) is 0 Å². The van der Waals surface area contributed by atoms with Gasteiger partial charge in [0.25, 0.3) is 0 Å². The first-order chi connectivity index (χ1) is 9.35. The molecule has 0 atom stereocenters. The van der Waals surface area contributed by atoms with E-state index in [1.165, 1.54) is 11.5 Å². The molecule has 104 valence electrons. The highest BCUT2D eigenvalue weighted by Crippen LogP contribution is 2.29. The third kappa shape index (κ3) is 4.02. The lowest BCUT2D eigenvalue weighted by Gasteiger charge is -1.98. The molecule has 0 spiro atoms.